The Labute approximate surface area is 115 Å². The number of hydrogen-bond acceptors (Lipinski definition) is 3. The maximum Gasteiger partial charge on any atom is 0.237 e. The van der Waals surface area contributed by atoms with E-state index in [0.29, 0.717) is 0 Å². The van der Waals surface area contributed by atoms with Crippen molar-refractivity contribution in [2.24, 2.45) is 11.7 Å². The molecule has 1 aromatic rings. The summed E-state index contributed by atoms with van der Waals surface area (Å²) in [6.07, 6.45) is 0.887. The fourth-order valence-electron chi connectivity index (χ4n) is 1.92. The summed E-state index contributed by atoms with van der Waals surface area (Å²) in [4.78, 5) is 12.0. The van der Waals surface area contributed by atoms with Gasteiger partial charge in [-0.15, -0.1) is 0 Å². The number of benzene rings is 1. The molecular formula is C15H24N2O2. The molecule has 4 heteroatoms. The molecule has 0 aliphatic rings. The third-order valence-electron chi connectivity index (χ3n) is 3.52. The van der Waals surface area contributed by atoms with Crippen LogP contribution in [0.4, 0.5) is 0 Å². The summed E-state index contributed by atoms with van der Waals surface area (Å²) in [5, 5.41) is 2.94. The van der Waals surface area contributed by atoms with Gasteiger partial charge in [-0.3, -0.25) is 4.79 Å². The minimum Gasteiger partial charge on any atom is -0.496 e. The van der Waals surface area contributed by atoms with E-state index in [9.17, 15) is 4.79 Å². The van der Waals surface area contributed by atoms with E-state index in [4.69, 9.17) is 10.5 Å². The summed E-state index contributed by atoms with van der Waals surface area (Å²) in [7, 11) is 1.62. The van der Waals surface area contributed by atoms with Crippen LogP contribution in [0.1, 0.15) is 38.8 Å². The lowest BCUT2D eigenvalue weighted by molar-refractivity contribution is -0.124. The van der Waals surface area contributed by atoms with Gasteiger partial charge in [0.1, 0.15) is 5.75 Å². The van der Waals surface area contributed by atoms with E-state index in [1.54, 1.807) is 7.11 Å². The fourth-order valence-corrected chi connectivity index (χ4v) is 1.92. The number of hydrogen-bond donors (Lipinski definition) is 2. The van der Waals surface area contributed by atoms with Gasteiger partial charge < -0.3 is 15.8 Å². The van der Waals surface area contributed by atoms with Crippen LogP contribution in [0.25, 0.3) is 0 Å². The lowest BCUT2D eigenvalue weighted by atomic mass is 9.98. The van der Waals surface area contributed by atoms with Crippen molar-refractivity contribution in [3.63, 3.8) is 0 Å². The van der Waals surface area contributed by atoms with E-state index in [-0.39, 0.29) is 17.9 Å². The number of carbonyl (C=O) groups excluding carboxylic acids is 1. The zero-order valence-corrected chi connectivity index (χ0v) is 12.1. The van der Waals surface area contributed by atoms with Crippen LogP contribution < -0.4 is 15.8 Å². The van der Waals surface area contributed by atoms with Gasteiger partial charge in [0.05, 0.1) is 19.2 Å². The smallest absolute Gasteiger partial charge is 0.237 e. The Morgan fingerprint density at radius 3 is 2.58 bits per heavy atom. The van der Waals surface area contributed by atoms with Crippen LogP contribution in [0.15, 0.2) is 24.3 Å². The summed E-state index contributed by atoms with van der Waals surface area (Å²) >= 11 is 0. The standard InChI is InChI=1S/C15H24N2O2/c1-5-10(2)14(16)15(18)17-11(3)12-8-6-7-9-13(12)19-4/h6-11,14H,5,16H2,1-4H3,(H,17,18)/t10?,11?,14-/m0/s1. The number of para-hydroxylation sites is 1. The summed E-state index contributed by atoms with van der Waals surface area (Å²) in [6.45, 7) is 5.94. The fraction of sp³-hybridized carbons (Fsp3) is 0.533. The van der Waals surface area contributed by atoms with Crippen LogP contribution in [0.3, 0.4) is 0 Å². The Bertz CT molecular complexity index is 420. The van der Waals surface area contributed by atoms with E-state index in [0.717, 1.165) is 17.7 Å². The molecule has 0 fully saturated rings. The van der Waals surface area contributed by atoms with E-state index in [1.165, 1.54) is 0 Å². The predicted octanol–water partition coefficient (Wildman–Crippen LogP) is 2.25. The second-order valence-corrected chi connectivity index (χ2v) is 4.88. The summed E-state index contributed by atoms with van der Waals surface area (Å²) in [6, 6.07) is 7.06. The first-order valence-corrected chi connectivity index (χ1v) is 6.70. The quantitative estimate of drug-likeness (QED) is 0.828. The molecule has 0 radical (unpaired) electrons. The molecule has 2 unspecified atom stereocenters. The van der Waals surface area contributed by atoms with Crippen molar-refractivity contribution in [2.45, 2.75) is 39.3 Å². The van der Waals surface area contributed by atoms with Crippen molar-refractivity contribution in [3.8, 4) is 5.75 Å². The molecule has 1 rings (SSSR count). The molecule has 4 nitrogen and oxygen atoms in total. The Morgan fingerprint density at radius 1 is 1.37 bits per heavy atom. The SMILES string of the molecule is CCC(C)[C@H](N)C(=O)NC(C)c1ccccc1OC. The first kappa shape index (κ1) is 15.5. The average molecular weight is 264 g/mol. The number of ether oxygens (including phenoxy) is 1. The van der Waals surface area contributed by atoms with Crippen LogP contribution in [-0.4, -0.2) is 19.1 Å². The monoisotopic (exact) mass is 264 g/mol. The van der Waals surface area contributed by atoms with E-state index >= 15 is 0 Å². The maximum atomic E-state index is 12.0. The van der Waals surface area contributed by atoms with E-state index < -0.39 is 6.04 Å². The minimum absolute atomic E-state index is 0.118. The predicted molar refractivity (Wildman–Crippen MR) is 77.0 cm³/mol. The van der Waals surface area contributed by atoms with E-state index in [1.807, 2.05) is 45.0 Å². The van der Waals surface area contributed by atoms with Gasteiger partial charge in [-0.1, -0.05) is 38.5 Å². The highest BCUT2D eigenvalue weighted by atomic mass is 16.5. The Morgan fingerprint density at radius 2 is 2.00 bits per heavy atom. The molecule has 0 saturated heterocycles. The van der Waals surface area contributed by atoms with E-state index in [2.05, 4.69) is 5.32 Å². The first-order chi connectivity index (χ1) is 9.01. The summed E-state index contributed by atoms with van der Waals surface area (Å²) in [5.74, 6) is 0.824. The third-order valence-corrected chi connectivity index (χ3v) is 3.52. The Kier molecular flexibility index (Phi) is 5.83. The molecule has 0 bridgehead atoms. The molecule has 0 spiro atoms. The number of nitrogens with two attached hydrogens (primary N) is 1. The highest BCUT2D eigenvalue weighted by Gasteiger charge is 2.22. The van der Waals surface area contributed by atoms with Crippen LogP contribution in [0.5, 0.6) is 5.75 Å². The Balaban J connectivity index is 2.74. The molecular weight excluding hydrogens is 240 g/mol. The molecule has 0 saturated carbocycles. The van der Waals surface area contributed by atoms with Crippen molar-refractivity contribution >= 4 is 5.91 Å². The third kappa shape index (κ3) is 3.96. The maximum absolute atomic E-state index is 12.0. The van der Waals surface area contributed by atoms with Crippen molar-refractivity contribution in [3.05, 3.63) is 29.8 Å². The molecule has 3 N–H and O–H groups in total. The summed E-state index contributed by atoms with van der Waals surface area (Å²) < 4.78 is 5.29. The molecule has 0 heterocycles. The molecule has 0 aromatic heterocycles. The number of amides is 1. The van der Waals surface area contributed by atoms with Crippen molar-refractivity contribution in [2.75, 3.05) is 7.11 Å². The molecule has 106 valence electrons. The zero-order chi connectivity index (χ0) is 14.4. The van der Waals surface area contributed by atoms with Gasteiger partial charge in [-0.25, -0.2) is 0 Å². The van der Waals surface area contributed by atoms with Gasteiger partial charge in [0.2, 0.25) is 5.91 Å². The average Bonchev–Trinajstić information content (AvgIpc) is 2.45. The second-order valence-electron chi connectivity index (χ2n) is 4.88. The number of rotatable bonds is 6. The summed E-state index contributed by atoms with van der Waals surface area (Å²) in [5.41, 5.74) is 6.88. The molecule has 3 atom stereocenters. The minimum atomic E-state index is -0.470. The van der Waals surface area contributed by atoms with Crippen molar-refractivity contribution in [1.29, 1.82) is 0 Å². The second kappa shape index (κ2) is 7.14. The molecule has 1 amide bonds. The number of nitrogens with one attached hydrogen (secondary N) is 1. The lowest BCUT2D eigenvalue weighted by Crippen LogP contribution is -2.45. The Hall–Kier alpha value is -1.55. The molecule has 19 heavy (non-hydrogen) atoms. The topological polar surface area (TPSA) is 64.4 Å². The molecule has 0 aliphatic heterocycles. The highest BCUT2D eigenvalue weighted by Crippen LogP contribution is 2.24. The van der Waals surface area contributed by atoms with Crippen LogP contribution in [0, 0.1) is 5.92 Å². The normalized spacial score (nSPS) is 15.4. The largest absolute Gasteiger partial charge is 0.496 e. The first-order valence-electron chi connectivity index (χ1n) is 6.70. The number of methoxy groups -OCH3 is 1. The van der Waals surface area contributed by atoms with Crippen molar-refractivity contribution < 1.29 is 9.53 Å². The van der Waals surface area contributed by atoms with Gasteiger partial charge in [0.25, 0.3) is 0 Å². The molecule has 0 aliphatic carbocycles. The van der Waals surface area contributed by atoms with Gasteiger partial charge in [-0.05, 0) is 18.9 Å². The van der Waals surface area contributed by atoms with Gasteiger partial charge in [0.15, 0.2) is 0 Å². The highest BCUT2D eigenvalue weighted by molar-refractivity contribution is 5.82. The molecule has 1 aromatic carbocycles. The number of carbonyl (C=O) groups is 1. The van der Waals surface area contributed by atoms with Crippen LogP contribution in [-0.2, 0) is 4.79 Å². The lowest BCUT2D eigenvalue weighted by Gasteiger charge is -2.22. The van der Waals surface area contributed by atoms with Crippen LogP contribution >= 0.6 is 0 Å². The van der Waals surface area contributed by atoms with Crippen LogP contribution in [0.2, 0.25) is 0 Å². The van der Waals surface area contributed by atoms with Gasteiger partial charge in [0, 0.05) is 5.56 Å². The van der Waals surface area contributed by atoms with Gasteiger partial charge >= 0.3 is 0 Å². The van der Waals surface area contributed by atoms with Gasteiger partial charge in [-0.2, -0.15) is 0 Å². The zero-order valence-electron chi connectivity index (χ0n) is 12.1. The van der Waals surface area contributed by atoms with Crippen molar-refractivity contribution in [1.82, 2.24) is 5.32 Å².